The Kier molecular flexibility index (Phi) is 7.07. The van der Waals surface area contributed by atoms with E-state index in [4.69, 9.17) is 0 Å². The van der Waals surface area contributed by atoms with Gasteiger partial charge in [-0.15, -0.1) is 11.8 Å². The van der Waals surface area contributed by atoms with Crippen LogP contribution in [0.15, 0.2) is 108 Å². The van der Waals surface area contributed by atoms with E-state index in [0.29, 0.717) is 12.3 Å². The zero-order valence-electron chi connectivity index (χ0n) is 22.4. The Bertz CT molecular complexity index is 1480. The number of carbonyl (C=O) groups is 1. The van der Waals surface area contributed by atoms with E-state index < -0.39 is 5.54 Å². The zero-order chi connectivity index (χ0) is 27.0. The van der Waals surface area contributed by atoms with Crippen LogP contribution in [-0.2, 0) is 23.2 Å². The SMILES string of the molecule is C=C1CC(C2=CCC=C2)(c2cccc(CC3CCCc4c(F)cccc43)c2)NC(=O)C1Sc1ccccc1C. The van der Waals surface area contributed by atoms with Gasteiger partial charge >= 0.3 is 0 Å². The number of thioether (sulfide) groups is 1. The van der Waals surface area contributed by atoms with Crippen molar-refractivity contribution < 1.29 is 9.18 Å². The van der Waals surface area contributed by atoms with Crippen LogP contribution in [0.5, 0.6) is 0 Å². The summed E-state index contributed by atoms with van der Waals surface area (Å²) in [7, 11) is 0. The first kappa shape index (κ1) is 25.9. The van der Waals surface area contributed by atoms with Crippen LogP contribution < -0.4 is 5.32 Å². The smallest absolute Gasteiger partial charge is 0.238 e. The molecule has 3 unspecified atom stereocenters. The van der Waals surface area contributed by atoms with Crippen molar-refractivity contribution in [1.82, 2.24) is 5.32 Å². The molecule has 39 heavy (non-hydrogen) atoms. The molecule has 3 aromatic carbocycles. The molecule has 198 valence electrons. The van der Waals surface area contributed by atoms with Gasteiger partial charge in [0.05, 0.1) is 5.54 Å². The second-order valence-corrected chi connectivity index (χ2v) is 12.2. The Balaban J connectivity index is 1.31. The fraction of sp³-hybridized carbons (Fsp3) is 0.286. The van der Waals surface area contributed by atoms with Gasteiger partial charge < -0.3 is 5.32 Å². The van der Waals surface area contributed by atoms with Crippen LogP contribution in [0.25, 0.3) is 0 Å². The third kappa shape index (κ3) is 4.91. The number of allylic oxidation sites excluding steroid dienone is 2. The lowest BCUT2D eigenvalue weighted by Crippen LogP contribution is -2.55. The fourth-order valence-corrected chi connectivity index (χ4v) is 7.62. The highest BCUT2D eigenvalue weighted by Crippen LogP contribution is 2.46. The highest BCUT2D eigenvalue weighted by Gasteiger charge is 2.45. The number of hydrogen-bond acceptors (Lipinski definition) is 2. The van der Waals surface area contributed by atoms with Gasteiger partial charge in [0.25, 0.3) is 0 Å². The van der Waals surface area contributed by atoms with E-state index in [9.17, 15) is 9.18 Å². The number of hydrogen-bond donors (Lipinski definition) is 1. The molecular weight excluding hydrogens is 501 g/mol. The van der Waals surface area contributed by atoms with Gasteiger partial charge in [0.15, 0.2) is 0 Å². The number of aryl methyl sites for hydroxylation is 1. The van der Waals surface area contributed by atoms with Crippen LogP contribution in [0.2, 0.25) is 0 Å². The lowest BCUT2D eigenvalue weighted by Gasteiger charge is -2.43. The molecule has 0 aromatic heterocycles. The van der Waals surface area contributed by atoms with E-state index in [1.807, 2.05) is 18.2 Å². The first-order valence-corrected chi connectivity index (χ1v) is 14.8. The van der Waals surface area contributed by atoms with Crippen LogP contribution >= 0.6 is 11.8 Å². The average Bonchev–Trinajstić information content (AvgIpc) is 3.48. The molecule has 0 bridgehead atoms. The maximum absolute atomic E-state index is 14.5. The number of amides is 1. The zero-order valence-corrected chi connectivity index (χ0v) is 23.2. The third-order valence-corrected chi connectivity index (χ3v) is 10.0. The predicted octanol–water partition coefficient (Wildman–Crippen LogP) is 8.12. The topological polar surface area (TPSA) is 29.1 Å². The summed E-state index contributed by atoms with van der Waals surface area (Å²) in [4.78, 5) is 14.9. The minimum atomic E-state index is -0.642. The summed E-state index contributed by atoms with van der Waals surface area (Å²) in [5.41, 5.74) is 6.92. The van der Waals surface area contributed by atoms with Crippen molar-refractivity contribution in [1.29, 1.82) is 0 Å². The van der Waals surface area contributed by atoms with Crippen molar-refractivity contribution in [3.8, 4) is 0 Å². The summed E-state index contributed by atoms with van der Waals surface area (Å²) in [6.45, 7) is 6.52. The second kappa shape index (κ2) is 10.7. The molecule has 1 N–H and O–H groups in total. The number of carbonyl (C=O) groups excluding carboxylic acids is 1. The highest BCUT2D eigenvalue weighted by atomic mass is 32.2. The molecule has 0 spiro atoms. The first-order chi connectivity index (χ1) is 18.9. The number of nitrogens with one attached hydrogen (secondary N) is 1. The standard InChI is InChI=1S/C35H34FNOS/c1-23-10-3-6-19-32(23)39-33-24(2)22-35(37-34(33)38,27-13-4-5-14-27)28-15-7-11-25(21-28)20-26-12-8-17-30-29(26)16-9-18-31(30)36/h3-4,6-7,9-11,13-16,18-19,21,26,33H,2,5,8,12,17,20,22H2,1H3,(H,37,38). The van der Waals surface area contributed by atoms with Gasteiger partial charge in [0.1, 0.15) is 11.1 Å². The van der Waals surface area contributed by atoms with Crippen LogP contribution in [0.4, 0.5) is 4.39 Å². The van der Waals surface area contributed by atoms with Crippen molar-refractivity contribution in [2.75, 3.05) is 0 Å². The maximum atomic E-state index is 14.5. The molecule has 3 aromatic rings. The van der Waals surface area contributed by atoms with Gasteiger partial charge in [-0.05, 0) is 90.5 Å². The average molecular weight is 536 g/mol. The molecule has 0 saturated carbocycles. The molecule has 4 heteroatoms. The summed E-state index contributed by atoms with van der Waals surface area (Å²) in [6, 6.07) is 22.4. The van der Waals surface area contributed by atoms with Crippen molar-refractivity contribution in [3.05, 3.63) is 136 Å². The molecular formula is C35H34FNOS. The second-order valence-electron chi connectivity index (χ2n) is 11.1. The van der Waals surface area contributed by atoms with Gasteiger partial charge in [-0.1, -0.05) is 85.0 Å². The van der Waals surface area contributed by atoms with Gasteiger partial charge in [-0.2, -0.15) is 0 Å². The van der Waals surface area contributed by atoms with Crippen LogP contribution in [-0.4, -0.2) is 11.2 Å². The van der Waals surface area contributed by atoms with E-state index in [2.05, 4.69) is 79.5 Å². The molecule has 1 amide bonds. The summed E-state index contributed by atoms with van der Waals surface area (Å²) in [5.74, 6) is 0.223. The van der Waals surface area contributed by atoms with Crippen molar-refractivity contribution in [2.24, 2.45) is 0 Å². The lowest BCUT2D eigenvalue weighted by molar-refractivity contribution is -0.122. The molecule has 1 saturated heterocycles. The van der Waals surface area contributed by atoms with Crippen molar-refractivity contribution >= 4 is 17.7 Å². The quantitative estimate of drug-likeness (QED) is 0.323. The molecule has 3 aliphatic rings. The molecule has 1 heterocycles. The van der Waals surface area contributed by atoms with Crippen molar-refractivity contribution in [2.45, 2.75) is 67.1 Å². The third-order valence-electron chi connectivity index (χ3n) is 8.52. The minimum Gasteiger partial charge on any atom is -0.341 e. The molecule has 3 atom stereocenters. The number of halogens is 1. The van der Waals surface area contributed by atoms with E-state index in [1.54, 1.807) is 17.8 Å². The van der Waals surface area contributed by atoms with Crippen LogP contribution in [0, 0.1) is 12.7 Å². The van der Waals surface area contributed by atoms with Gasteiger partial charge in [0, 0.05) is 11.3 Å². The highest BCUT2D eigenvalue weighted by molar-refractivity contribution is 8.00. The molecule has 0 radical (unpaired) electrons. The Morgan fingerprint density at radius 3 is 2.74 bits per heavy atom. The monoisotopic (exact) mass is 535 g/mol. The van der Waals surface area contributed by atoms with Crippen molar-refractivity contribution in [3.63, 3.8) is 0 Å². The summed E-state index contributed by atoms with van der Waals surface area (Å²) in [5, 5.41) is 3.14. The Morgan fingerprint density at radius 2 is 1.95 bits per heavy atom. The fourth-order valence-electron chi connectivity index (χ4n) is 6.54. The Labute approximate surface area is 235 Å². The minimum absolute atomic E-state index is 0.00258. The number of rotatable bonds is 6. The van der Waals surface area contributed by atoms with E-state index in [-0.39, 0.29) is 17.0 Å². The van der Waals surface area contributed by atoms with Gasteiger partial charge in [0.2, 0.25) is 5.91 Å². The van der Waals surface area contributed by atoms with Gasteiger partial charge in [-0.3, -0.25) is 4.79 Å². The predicted molar refractivity (Wildman–Crippen MR) is 158 cm³/mol. The number of benzene rings is 3. The van der Waals surface area contributed by atoms with Gasteiger partial charge in [-0.25, -0.2) is 4.39 Å². The lowest BCUT2D eigenvalue weighted by atomic mass is 9.73. The molecule has 1 fully saturated rings. The van der Waals surface area contributed by atoms with E-state index in [1.165, 1.54) is 11.1 Å². The number of piperidine rings is 1. The normalized spacial score (nSPS) is 24.3. The van der Waals surface area contributed by atoms with Crippen LogP contribution in [0.1, 0.15) is 59.4 Å². The van der Waals surface area contributed by atoms with Crippen LogP contribution in [0.3, 0.4) is 0 Å². The Morgan fingerprint density at radius 1 is 1.10 bits per heavy atom. The Hall–Kier alpha value is -3.37. The molecule has 2 nitrogen and oxygen atoms in total. The van der Waals surface area contributed by atoms with E-state index in [0.717, 1.165) is 64.8 Å². The molecule has 6 rings (SSSR count). The summed E-state index contributed by atoms with van der Waals surface area (Å²) in [6.07, 6.45) is 11.8. The first-order valence-electron chi connectivity index (χ1n) is 13.9. The summed E-state index contributed by atoms with van der Waals surface area (Å²) >= 11 is 1.59. The van der Waals surface area contributed by atoms with E-state index >= 15 is 0 Å². The largest absolute Gasteiger partial charge is 0.341 e. The maximum Gasteiger partial charge on any atom is 0.238 e. The number of fused-ring (bicyclic) bond motifs is 1. The molecule has 2 aliphatic carbocycles. The summed E-state index contributed by atoms with van der Waals surface area (Å²) < 4.78 is 14.5. The molecule has 1 aliphatic heterocycles.